The minimum atomic E-state index is -3.58. The minimum absolute atomic E-state index is 0.101. The van der Waals surface area contributed by atoms with Crippen LogP contribution in [0, 0.1) is 0 Å². The molecule has 80 valence electrons. The summed E-state index contributed by atoms with van der Waals surface area (Å²) in [6.45, 7) is 0. The third-order valence-electron chi connectivity index (χ3n) is 1.80. The van der Waals surface area contributed by atoms with Crippen LogP contribution in [-0.4, -0.2) is 28.4 Å². The summed E-state index contributed by atoms with van der Waals surface area (Å²) < 4.78 is 27.2. The lowest BCUT2D eigenvalue weighted by Gasteiger charge is -2.04. The Morgan fingerprint density at radius 2 is 2.33 bits per heavy atom. The number of aromatic amines is 1. The van der Waals surface area contributed by atoms with E-state index >= 15 is 0 Å². The van der Waals surface area contributed by atoms with Gasteiger partial charge in [0.05, 0.1) is 18.1 Å². The van der Waals surface area contributed by atoms with Crippen LogP contribution in [-0.2, 0) is 17.1 Å². The van der Waals surface area contributed by atoms with Gasteiger partial charge in [-0.3, -0.25) is 14.5 Å². The Morgan fingerprint density at radius 3 is 2.87 bits per heavy atom. The molecule has 0 saturated heterocycles. The number of hydrogen-bond donors (Lipinski definition) is 2. The lowest BCUT2D eigenvalue weighted by Crippen LogP contribution is -2.16. The van der Waals surface area contributed by atoms with Crippen molar-refractivity contribution in [3.8, 4) is 0 Å². The number of sulfonamides is 1. The van der Waals surface area contributed by atoms with Crippen molar-refractivity contribution < 1.29 is 8.42 Å². The fraction of sp³-hybridized carbons (Fsp3) is 0.143. The van der Waals surface area contributed by atoms with Crippen molar-refractivity contribution in [1.82, 2.24) is 20.0 Å². The number of anilines is 1. The van der Waals surface area contributed by atoms with Gasteiger partial charge in [0.15, 0.2) is 5.03 Å². The Morgan fingerprint density at radius 1 is 1.53 bits per heavy atom. The van der Waals surface area contributed by atoms with Crippen LogP contribution in [0.15, 0.2) is 29.7 Å². The van der Waals surface area contributed by atoms with Crippen molar-refractivity contribution in [2.75, 3.05) is 4.72 Å². The molecule has 15 heavy (non-hydrogen) atoms. The SMILES string of the molecule is Cn1nccc1S(=O)(=O)Nc1cn[nH]c1. The zero-order chi connectivity index (χ0) is 10.9. The van der Waals surface area contributed by atoms with E-state index in [1.165, 1.54) is 29.3 Å². The summed E-state index contributed by atoms with van der Waals surface area (Å²) in [6, 6.07) is 1.42. The van der Waals surface area contributed by atoms with Gasteiger partial charge >= 0.3 is 0 Å². The maximum atomic E-state index is 11.8. The summed E-state index contributed by atoms with van der Waals surface area (Å²) in [5, 5.41) is 10.0. The smallest absolute Gasteiger partial charge is 0.279 e. The third-order valence-corrected chi connectivity index (χ3v) is 3.26. The molecule has 0 fully saturated rings. The molecule has 2 aromatic heterocycles. The molecule has 0 aliphatic heterocycles. The number of rotatable bonds is 3. The highest BCUT2D eigenvalue weighted by Gasteiger charge is 2.17. The van der Waals surface area contributed by atoms with Gasteiger partial charge in [-0.2, -0.15) is 18.6 Å². The molecule has 0 atom stereocenters. The Balaban J connectivity index is 2.33. The number of aromatic nitrogens is 4. The van der Waals surface area contributed by atoms with Crippen LogP contribution in [0.3, 0.4) is 0 Å². The molecular formula is C7H9N5O2S. The third kappa shape index (κ3) is 1.84. The number of aryl methyl sites for hydroxylation is 1. The van der Waals surface area contributed by atoms with Crippen molar-refractivity contribution >= 4 is 15.7 Å². The highest BCUT2D eigenvalue weighted by molar-refractivity contribution is 7.92. The molecule has 8 heteroatoms. The van der Waals surface area contributed by atoms with E-state index in [-0.39, 0.29) is 5.03 Å². The first-order valence-electron chi connectivity index (χ1n) is 4.09. The van der Waals surface area contributed by atoms with Gasteiger partial charge in [-0.15, -0.1) is 0 Å². The van der Waals surface area contributed by atoms with E-state index in [4.69, 9.17) is 0 Å². The van der Waals surface area contributed by atoms with Crippen molar-refractivity contribution in [3.63, 3.8) is 0 Å². The van der Waals surface area contributed by atoms with Crippen LogP contribution in [0.1, 0.15) is 0 Å². The molecule has 0 radical (unpaired) electrons. The predicted octanol–water partition coefficient (Wildman–Crippen LogP) is -0.0560. The van der Waals surface area contributed by atoms with E-state index in [0.29, 0.717) is 5.69 Å². The maximum absolute atomic E-state index is 11.8. The maximum Gasteiger partial charge on any atom is 0.279 e. The second-order valence-corrected chi connectivity index (χ2v) is 4.51. The molecule has 0 aliphatic rings. The molecular weight excluding hydrogens is 218 g/mol. The van der Waals surface area contributed by atoms with Crippen molar-refractivity contribution in [1.29, 1.82) is 0 Å². The summed E-state index contributed by atoms with van der Waals surface area (Å²) in [5.74, 6) is 0. The summed E-state index contributed by atoms with van der Waals surface area (Å²) in [5.41, 5.74) is 0.385. The number of nitrogens with zero attached hydrogens (tertiary/aromatic N) is 3. The number of nitrogens with one attached hydrogen (secondary N) is 2. The van der Waals surface area contributed by atoms with E-state index in [1.54, 1.807) is 7.05 Å². The Kier molecular flexibility index (Phi) is 2.19. The molecule has 2 rings (SSSR count). The van der Waals surface area contributed by atoms with Gasteiger partial charge < -0.3 is 0 Å². The van der Waals surface area contributed by atoms with E-state index in [9.17, 15) is 8.42 Å². The molecule has 0 aromatic carbocycles. The minimum Gasteiger partial charge on any atom is -0.284 e. The van der Waals surface area contributed by atoms with Gasteiger partial charge in [0.2, 0.25) is 0 Å². The summed E-state index contributed by atoms with van der Waals surface area (Å²) in [7, 11) is -2.02. The van der Waals surface area contributed by atoms with Gasteiger partial charge in [-0.1, -0.05) is 0 Å². The van der Waals surface area contributed by atoms with E-state index in [2.05, 4.69) is 20.0 Å². The Bertz CT molecular complexity index is 542. The van der Waals surface area contributed by atoms with Crippen LogP contribution < -0.4 is 4.72 Å². The van der Waals surface area contributed by atoms with Gasteiger partial charge in [0.1, 0.15) is 0 Å². The van der Waals surface area contributed by atoms with Crippen LogP contribution in [0.4, 0.5) is 5.69 Å². The second kappa shape index (κ2) is 3.39. The lowest BCUT2D eigenvalue weighted by molar-refractivity contribution is 0.582. The average Bonchev–Trinajstić information content (AvgIpc) is 2.75. The number of H-pyrrole nitrogens is 1. The van der Waals surface area contributed by atoms with Crippen LogP contribution in [0.2, 0.25) is 0 Å². The second-order valence-electron chi connectivity index (χ2n) is 2.89. The monoisotopic (exact) mass is 227 g/mol. The first-order valence-corrected chi connectivity index (χ1v) is 5.57. The molecule has 0 aliphatic carbocycles. The average molecular weight is 227 g/mol. The highest BCUT2D eigenvalue weighted by Crippen LogP contribution is 2.12. The molecule has 2 N–H and O–H groups in total. The fourth-order valence-electron chi connectivity index (χ4n) is 1.14. The lowest BCUT2D eigenvalue weighted by atomic mass is 10.6. The molecule has 7 nitrogen and oxygen atoms in total. The van der Waals surface area contributed by atoms with Crippen molar-refractivity contribution in [3.05, 3.63) is 24.7 Å². The summed E-state index contributed by atoms with van der Waals surface area (Å²) >= 11 is 0. The first kappa shape index (κ1) is 9.71. The topological polar surface area (TPSA) is 92.7 Å². The standard InChI is InChI=1S/C7H9N5O2S/c1-12-7(2-3-10-12)15(13,14)11-6-4-8-9-5-6/h2-5,11H,1H3,(H,8,9). The van der Waals surface area contributed by atoms with Crippen LogP contribution in [0.5, 0.6) is 0 Å². The quantitative estimate of drug-likeness (QED) is 0.768. The van der Waals surface area contributed by atoms with Crippen LogP contribution >= 0.6 is 0 Å². The van der Waals surface area contributed by atoms with E-state index in [0.717, 1.165) is 0 Å². The summed E-state index contributed by atoms with van der Waals surface area (Å²) in [6.07, 6.45) is 4.26. The van der Waals surface area contributed by atoms with Crippen molar-refractivity contribution in [2.24, 2.45) is 7.05 Å². The van der Waals surface area contributed by atoms with E-state index in [1.807, 2.05) is 0 Å². The molecule has 0 bridgehead atoms. The molecule has 0 spiro atoms. The zero-order valence-corrected chi connectivity index (χ0v) is 8.69. The molecule has 0 unspecified atom stereocenters. The summed E-state index contributed by atoms with van der Waals surface area (Å²) in [4.78, 5) is 0. The Labute approximate surface area is 86.2 Å². The molecule has 0 amide bonds. The predicted molar refractivity (Wildman–Crippen MR) is 52.6 cm³/mol. The molecule has 0 saturated carbocycles. The van der Waals surface area contributed by atoms with Gasteiger partial charge in [0.25, 0.3) is 10.0 Å². The van der Waals surface area contributed by atoms with Crippen molar-refractivity contribution in [2.45, 2.75) is 5.03 Å². The molecule has 2 aromatic rings. The highest BCUT2D eigenvalue weighted by atomic mass is 32.2. The number of hydrogen-bond acceptors (Lipinski definition) is 4. The van der Waals surface area contributed by atoms with Gasteiger partial charge in [0, 0.05) is 13.2 Å². The fourth-order valence-corrected chi connectivity index (χ4v) is 2.30. The first-order chi connectivity index (χ1) is 7.09. The van der Waals surface area contributed by atoms with Crippen LogP contribution in [0.25, 0.3) is 0 Å². The zero-order valence-electron chi connectivity index (χ0n) is 7.88. The largest absolute Gasteiger partial charge is 0.284 e. The normalized spacial score (nSPS) is 11.5. The van der Waals surface area contributed by atoms with Gasteiger partial charge in [-0.25, -0.2) is 0 Å². The van der Waals surface area contributed by atoms with Gasteiger partial charge in [-0.05, 0) is 6.07 Å². The van der Waals surface area contributed by atoms with E-state index < -0.39 is 10.0 Å². The molecule has 2 heterocycles. The Hall–Kier alpha value is -1.83.